The van der Waals surface area contributed by atoms with Gasteiger partial charge in [0.15, 0.2) is 0 Å². The first kappa shape index (κ1) is 22.9. The van der Waals surface area contributed by atoms with Crippen molar-refractivity contribution in [2.24, 2.45) is 41.4 Å². The van der Waals surface area contributed by atoms with E-state index in [4.69, 9.17) is 0 Å². The molecule has 2 aliphatic heterocycles. The van der Waals surface area contributed by atoms with Gasteiger partial charge in [0.1, 0.15) is 0 Å². The first-order valence-electron chi connectivity index (χ1n) is 14.2. The van der Waals surface area contributed by atoms with Crippen LogP contribution in [-0.2, 0) is 9.59 Å². The Hall–Kier alpha value is -2.25. The number of hydrogen-bond acceptors (Lipinski definition) is 5. The second-order valence-corrected chi connectivity index (χ2v) is 12.4. The smallest absolute Gasteiger partial charge is 0.233 e. The van der Waals surface area contributed by atoms with Crippen LogP contribution in [0.25, 0.3) is 10.9 Å². The van der Waals surface area contributed by atoms with Crippen LogP contribution in [0.1, 0.15) is 57.1 Å². The van der Waals surface area contributed by atoms with Gasteiger partial charge in [0.05, 0.1) is 29.2 Å². The normalized spacial score (nSPS) is 39.1. The van der Waals surface area contributed by atoms with Crippen molar-refractivity contribution in [3.05, 3.63) is 30.0 Å². The fraction of sp³-hybridized carbons (Fsp3) is 0.690. The maximum absolute atomic E-state index is 13.4. The molecule has 192 valence electrons. The molecular weight excluding hydrogens is 452 g/mol. The number of carbonyl (C=O) groups is 2. The average molecular weight is 491 g/mol. The van der Waals surface area contributed by atoms with Gasteiger partial charge < -0.3 is 10.0 Å². The van der Waals surface area contributed by atoms with Crippen LogP contribution in [-0.4, -0.2) is 69.2 Å². The highest BCUT2D eigenvalue weighted by molar-refractivity contribution is 6.06. The highest BCUT2D eigenvalue weighted by atomic mass is 16.3. The number of likely N-dealkylation sites (tertiary alicyclic amines) is 2. The molecule has 1 aromatic carbocycles. The fourth-order valence-corrected chi connectivity index (χ4v) is 8.84. The minimum atomic E-state index is -0.422. The Morgan fingerprint density at radius 3 is 2.44 bits per heavy atom. The summed E-state index contributed by atoms with van der Waals surface area (Å²) in [6.07, 6.45) is 6.17. The van der Waals surface area contributed by atoms with Crippen molar-refractivity contribution in [2.45, 2.75) is 57.5 Å². The number of H-pyrrole nitrogens is 1. The zero-order valence-corrected chi connectivity index (χ0v) is 21.2. The molecule has 2 saturated heterocycles. The molecule has 3 saturated carbocycles. The van der Waals surface area contributed by atoms with Crippen molar-refractivity contribution < 1.29 is 14.7 Å². The lowest BCUT2D eigenvalue weighted by atomic mass is 9.74. The third-order valence-corrected chi connectivity index (χ3v) is 10.8. The van der Waals surface area contributed by atoms with E-state index in [0.29, 0.717) is 24.3 Å². The quantitative estimate of drug-likeness (QED) is 0.627. The second kappa shape index (κ2) is 8.66. The maximum atomic E-state index is 13.4. The lowest BCUT2D eigenvalue weighted by Gasteiger charge is -2.35. The van der Waals surface area contributed by atoms with Gasteiger partial charge >= 0.3 is 0 Å². The molecule has 6 unspecified atom stereocenters. The minimum Gasteiger partial charge on any atom is -0.393 e. The highest BCUT2D eigenvalue weighted by Crippen LogP contribution is 2.58. The number of para-hydroxylation sites is 1. The largest absolute Gasteiger partial charge is 0.393 e. The SMILES string of the molecule is CC1C(O)C2CC1C1C(=O)N(C[C@H]3CCC[C@@H]3CN3CCC(c4n[nH]c5ccccc45)CC3)C(=O)C21. The predicted octanol–water partition coefficient (Wildman–Crippen LogP) is 3.41. The second-order valence-electron chi connectivity index (χ2n) is 12.4. The number of aromatic amines is 1. The summed E-state index contributed by atoms with van der Waals surface area (Å²) in [6.45, 7) is 5.88. The van der Waals surface area contributed by atoms with Crippen molar-refractivity contribution in [1.82, 2.24) is 20.0 Å². The van der Waals surface area contributed by atoms with Crippen molar-refractivity contribution in [2.75, 3.05) is 26.2 Å². The first-order valence-corrected chi connectivity index (χ1v) is 14.2. The molecule has 1 aromatic heterocycles. The molecule has 7 heteroatoms. The Labute approximate surface area is 212 Å². The number of nitrogens with zero attached hydrogens (tertiary/aromatic N) is 3. The van der Waals surface area contributed by atoms with E-state index in [1.165, 1.54) is 23.9 Å². The molecule has 0 spiro atoms. The lowest BCUT2D eigenvalue weighted by Crippen LogP contribution is -2.41. The summed E-state index contributed by atoms with van der Waals surface area (Å²) in [6, 6.07) is 8.41. The van der Waals surface area contributed by atoms with E-state index in [1.54, 1.807) is 4.90 Å². The third kappa shape index (κ3) is 3.42. The van der Waals surface area contributed by atoms with E-state index in [2.05, 4.69) is 46.3 Å². The van der Waals surface area contributed by atoms with Gasteiger partial charge in [-0.25, -0.2) is 0 Å². The van der Waals surface area contributed by atoms with Gasteiger partial charge in [-0.05, 0) is 80.8 Å². The standard InChI is InChI=1S/C29H38N4O3/c1-16-21-13-22(27(16)34)25-24(21)28(35)33(29(25)36)15-19-6-4-5-18(19)14-32-11-9-17(10-12-32)26-20-7-2-3-8-23(20)30-31-26/h2-3,7-8,16-19,21-22,24-25,27,34H,4-6,9-15H2,1H3,(H,30,31)/t16?,18-,19-,21?,22?,24?,25?,27?/m1/s1. The van der Waals surface area contributed by atoms with E-state index < -0.39 is 6.10 Å². The van der Waals surface area contributed by atoms with E-state index in [-0.39, 0.29) is 41.4 Å². The van der Waals surface area contributed by atoms with Crippen LogP contribution < -0.4 is 0 Å². The van der Waals surface area contributed by atoms with Gasteiger partial charge in [-0.3, -0.25) is 19.6 Å². The molecule has 3 aliphatic carbocycles. The summed E-state index contributed by atoms with van der Waals surface area (Å²) in [5.74, 6) is 1.42. The van der Waals surface area contributed by atoms with Gasteiger partial charge in [0.25, 0.3) is 0 Å². The number of imide groups is 1. The fourth-order valence-electron chi connectivity index (χ4n) is 8.84. The summed E-state index contributed by atoms with van der Waals surface area (Å²) >= 11 is 0. The zero-order chi connectivity index (χ0) is 24.6. The molecule has 2 amide bonds. The van der Waals surface area contributed by atoms with Crippen molar-refractivity contribution in [1.29, 1.82) is 0 Å². The maximum Gasteiger partial charge on any atom is 0.233 e. The summed E-state index contributed by atoms with van der Waals surface area (Å²) in [7, 11) is 0. The number of piperidine rings is 1. The molecule has 36 heavy (non-hydrogen) atoms. The zero-order valence-electron chi connectivity index (χ0n) is 21.2. The lowest BCUT2D eigenvalue weighted by molar-refractivity contribution is -0.141. The third-order valence-electron chi connectivity index (χ3n) is 10.8. The van der Waals surface area contributed by atoms with Gasteiger partial charge in [0, 0.05) is 24.4 Å². The molecule has 2 N–H and O–H groups in total. The molecule has 7 nitrogen and oxygen atoms in total. The molecule has 5 aliphatic rings. The number of aliphatic hydroxyl groups is 1. The van der Waals surface area contributed by atoms with Crippen LogP contribution in [0.3, 0.4) is 0 Å². The van der Waals surface area contributed by atoms with Crippen LogP contribution in [0, 0.1) is 41.4 Å². The molecular formula is C29H38N4O3. The Balaban J connectivity index is 0.976. The Morgan fingerprint density at radius 2 is 1.67 bits per heavy atom. The number of amides is 2. The number of fused-ring (bicyclic) bond motifs is 6. The average Bonchev–Trinajstić information content (AvgIpc) is 3.69. The molecule has 2 bridgehead atoms. The number of nitrogens with one attached hydrogen (secondary N) is 1. The number of benzene rings is 1. The molecule has 3 heterocycles. The predicted molar refractivity (Wildman–Crippen MR) is 136 cm³/mol. The summed E-state index contributed by atoms with van der Waals surface area (Å²) in [5.41, 5.74) is 2.34. The number of aliphatic hydroxyl groups excluding tert-OH is 1. The van der Waals surface area contributed by atoms with E-state index >= 15 is 0 Å². The number of hydrogen-bond donors (Lipinski definition) is 2. The van der Waals surface area contributed by atoms with Crippen LogP contribution >= 0.6 is 0 Å². The Bertz CT molecular complexity index is 1140. The van der Waals surface area contributed by atoms with Crippen molar-refractivity contribution in [3.63, 3.8) is 0 Å². The topological polar surface area (TPSA) is 89.5 Å². The molecule has 5 fully saturated rings. The van der Waals surface area contributed by atoms with Gasteiger partial charge in [-0.1, -0.05) is 31.5 Å². The Kier molecular flexibility index (Phi) is 5.51. The van der Waals surface area contributed by atoms with E-state index in [0.717, 1.165) is 50.8 Å². The molecule has 7 rings (SSSR count). The summed E-state index contributed by atoms with van der Waals surface area (Å²) < 4.78 is 0. The van der Waals surface area contributed by atoms with Crippen LogP contribution in [0.4, 0.5) is 0 Å². The number of aromatic nitrogens is 2. The first-order chi connectivity index (χ1) is 17.5. The van der Waals surface area contributed by atoms with Crippen LogP contribution in [0.15, 0.2) is 24.3 Å². The van der Waals surface area contributed by atoms with Crippen molar-refractivity contribution >= 4 is 22.7 Å². The number of rotatable bonds is 5. The number of carbonyl (C=O) groups excluding carboxylic acids is 2. The summed E-state index contributed by atoms with van der Waals surface area (Å²) in [4.78, 5) is 30.9. The minimum absolute atomic E-state index is 0.0104. The molecule has 0 radical (unpaired) electrons. The highest BCUT2D eigenvalue weighted by Gasteiger charge is 2.66. The molecule has 2 aromatic rings. The van der Waals surface area contributed by atoms with Crippen LogP contribution in [0.5, 0.6) is 0 Å². The molecule has 8 atom stereocenters. The monoisotopic (exact) mass is 490 g/mol. The summed E-state index contributed by atoms with van der Waals surface area (Å²) in [5, 5.41) is 19.7. The van der Waals surface area contributed by atoms with Gasteiger partial charge in [-0.15, -0.1) is 0 Å². The van der Waals surface area contributed by atoms with Crippen LogP contribution in [0.2, 0.25) is 0 Å². The van der Waals surface area contributed by atoms with Gasteiger partial charge in [-0.2, -0.15) is 5.10 Å². The van der Waals surface area contributed by atoms with Crippen molar-refractivity contribution in [3.8, 4) is 0 Å². The van der Waals surface area contributed by atoms with E-state index in [1.807, 2.05) is 0 Å². The van der Waals surface area contributed by atoms with Gasteiger partial charge in [0.2, 0.25) is 11.8 Å². The van der Waals surface area contributed by atoms with E-state index in [9.17, 15) is 14.7 Å². The Morgan fingerprint density at radius 1 is 0.972 bits per heavy atom.